The summed E-state index contributed by atoms with van der Waals surface area (Å²) in [6.45, 7) is 3.74. The number of sulfone groups is 1. The first-order chi connectivity index (χ1) is 5.45. The second kappa shape index (κ2) is 3.05. The van der Waals surface area contributed by atoms with Gasteiger partial charge >= 0.3 is 0 Å². The van der Waals surface area contributed by atoms with Crippen LogP contribution in [0.3, 0.4) is 0 Å². The van der Waals surface area contributed by atoms with Gasteiger partial charge in [0.1, 0.15) is 5.25 Å². The second-order valence-electron chi connectivity index (χ2n) is 3.32. The molecule has 0 aromatic heterocycles. The fourth-order valence-electron chi connectivity index (χ4n) is 1.42. The van der Waals surface area contributed by atoms with Crippen molar-refractivity contribution in [1.82, 2.24) is 5.32 Å². The first kappa shape index (κ1) is 9.51. The molecule has 0 radical (unpaired) electrons. The Morgan fingerprint density at radius 3 is 2.42 bits per heavy atom. The molecule has 1 fully saturated rings. The first-order valence-electron chi connectivity index (χ1n) is 3.94. The highest BCUT2D eigenvalue weighted by Crippen LogP contribution is 2.15. The summed E-state index contributed by atoms with van der Waals surface area (Å²) in [5, 5.41) is 1.71. The number of hydrogen-bond acceptors (Lipinski definition) is 3. The van der Waals surface area contributed by atoms with Crippen LogP contribution in [0.25, 0.3) is 0 Å². The minimum Gasteiger partial charge on any atom is -0.354 e. The lowest BCUT2D eigenvalue weighted by molar-refractivity contribution is -0.121. The van der Waals surface area contributed by atoms with E-state index < -0.39 is 15.1 Å². The molecule has 1 rings (SSSR count). The van der Waals surface area contributed by atoms with Crippen LogP contribution in [0, 0.1) is 5.92 Å². The van der Waals surface area contributed by atoms with Crippen molar-refractivity contribution in [3.63, 3.8) is 0 Å². The quantitative estimate of drug-likeness (QED) is 0.611. The fourth-order valence-corrected chi connectivity index (χ4v) is 3.30. The predicted octanol–water partition coefficient (Wildman–Crippen LogP) is -0.444. The fraction of sp³-hybridized carbons (Fsp3) is 0.857. The van der Waals surface area contributed by atoms with Crippen molar-refractivity contribution < 1.29 is 13.2 Å². The number of carbonyl (C=O) groups is 1. The van der Waals surface area contributed by atoms with Gasteiger partial charge in [0.05, 0.1) is 5.75 Å². The molecule has 0 aromatic carbocycles. The second-order valence-corrected chi connectivity index (χ2v) is 5.56. The zero-order chi connectivity index (χ0) is 9.35. The molecule has 4 nitrogen and oxygen atoms in total. The summed E-state index contributed by atoms with van der Waals surface area (Å²) in [5.41, 5.74) is 0. The summed E-state index contributed by atoms with van der Waals surface area (Å²) < 4.78 is 22.7. The maximum absolute atomic E-state index is 11.4. The Hall–Kier alpha value is -0.580. The van der Waals surface area contributed by atoms with Crippen molar-refractivity contribution in [3.05, 3.63) is 0 Å². The van der Waals surface area contributed by atoms with E-state index in [0.29, 0.717) is 0 Å². The van der Waals surface area contributed by atoms with Gasteiger partial charge in [0.2, 0.25) is 5.91 Å². The van der Waals surface area contributed by atoms with Crippen molar-refractivity contribution in [2.24, 2.45) is 5.92 Å². The van der Waals surface area contributed by atoms with E-state index in [2.05, 4.69) is 5.32 Å². The summed E-state index contributed by atoms with van der Waals surface area (Å²) >= 11 is 0. The number of amides is 1. The molecule has 0 spiro atoms. The van der Waals surface area contributed by atoms with Gasteiger partial charge in [-0.1, -0.05) is 13.8 Å². The maximum atomic E-state index is 11.4. The van der Waals surface area contributed by atoms with Crippen molar-refractivity contribution in [3.8, 4) is 0 Å². The van der Waals surface area contributed by atoms with Crippen LogP contribution < -0.4 is 5.32 Å². The molecule has 1 saturated heterocycles. The van der Waals surface area contributed by atoms with Gasteiger partial charge < -0.3 is 5.32 Å². The van der Waals surface area contributed by atoms with E-state index in [0.717, 1.165) is 0 Å². The highest BCUT2D eigenvalue weighted by atomic mass is 32.2. The molecule has 0 aliphatic carbocycles. The van der Waals surface area contributed by atoms with Gasteiger partial charge in [0, 0.05) is 6.54 Å². The summed E-state index contributed by atoms with van der Waals surface area (Å²) in [6.07, 6.45) is 0. The van der Waals surface area contributed by atoms with Crippen molar-refractivity contribution >= 4 is 15.7 Å². The molecule has 1 amide bonds. The van der Waals surface area contributed by atoms with Crippen LogP contribution in [0.5, 0.6) is 0 Å². The largest absolute Gasteiger partial charge is 0.354 e. The van der Waals surface area contributed by atoms with Gasteiger partial charge in [-0.05, 0) is 5.92 Å². The molecule has 0 saturated carbocycles. The lowest BCUT2D eigenvalue weighted by Crippen LogP contribution is -2.51. The third kappa shape index (κ3) is 1.60. The molecule has 1 unspecified atom stereocenters. The number of carbonyl (C=O) groups excluding carboxylic acids is 1. The molecule has 1 aliphatic heterocycles. The van der Waals surface area contributed by atoms with E-state index in [1.54, 1.807) is 13.8 Å². The van der Waals surface area contributed by atoms with Gasteiger partial charge in [-0.3, -0.25) is 4.79 Å². The van der Waals surface area contributed by atoms with Crippen molar-refractivity contribution in [2.75, 3.05) is 12.3 Å². The Bertz CT molecular complexity index is 281. The summed E-state index contributed by atoms with van der Waals surface area (Å²) in [7, 11) is -3.18. The Morgan fingerprint density at radius 2 is 2.08 bits per heavy atom. The van der Waals surface area contributed by atoms with Crippen LogP contribution in [0.1, 0.15) is 13.8 Å². The predicted molar refractivity (Wildman–Crippen MR) is 45.4 cm³/mol. The smallest absolute Gasteiger partial charge is 0.238 e. The van der Waals surface area contributed by atoms with E-state index in [1.165, 1.54) is 0 Å². The van der Waals surface area contributed by atoms with E-state index in [1.807, 2.05) is 0 Å². The molecule has 1 atom stereocenters. The number of nitrogens with one attached hydrogen (secondary N) is 1. The van der Waals surface area contributed by atoms with Crippen LogP contribution in [0.4, 0.5) is 0 Å². The average Bonchev–Trinajstić information content (AvgIpc) is 1.82. The van der Waals surface area contributed by atoms with Crippen LogP contribution >= 0.6 is 0 Å². The number of rotatable bonds is 1. The monoisotopic (exact) mass is 191 g/mol. The highest BCUT2D eigenvalue weighted by molar-refractivity contribution is 7.92. The van der Waals surface area contributed by atoms with E-state index in [9.17, 15) is 13.2 Å². The van der Waals surface area contributed by atoms with E-state index in [-0.39, 0.29) is 24.1 Å². The molecule has 1 heterocycles. The Morgan fingerprint density at radius 1 is 1.50 bits per heavy atom. The molecule has 1 N–H and O–H groups in total. The topological polar surface area (TPSA) is 63.2 Å². The highest BCUT2D eigenvalue weighted by Gasteiger charge is 2.37. The third-order valence-electron chi connectivity index (χ3n) is 1.94. The van der Waals surface area contributed by atoms with Crippen molar-refractivity contribution in [2.45, 2.75) is 19.1 Å². The Labute approximate surface area is 72.3 Å². The van der Waals surface area contributed by atoms with Crippen LogP contribution in [0.15, 0.2) is 0 Å². The van der Waals surface area contributed by atoms with Crippen molar-refractivity contribution in [1.29, 1.82) is 0 Å². The van der Waals surface area contributed by atoms with E-state index in [4.69, 9.17) is 0 Å². The van der Waals surface area contributed by atoms with Gasteiger partial charge in [0.25, 0.3) is 0 Å². The zero-order valence-electron chi connectivity index (χ0n) is 7.20. The SMILES string of the molecule is CC(C)C1C(=O)NCCS1(=O)=O. The average molecular weight is 191 g/mol. The maximum Gasteiger partial charge on any atom is 0.238 e. The minimum atomic E-state index is -3.18. The number of hydrogen-bond donors (Lipinski definition) is 1. The Kier molecular flexibility index (Phi) is 2.41. The van der Waals surface area contributed by atoms with E-state index >= 15 is 0 Å². The van der Waals surface area contributed by atoms with Crippen LogP contribution in [-0.4, -0.2) is 31.9 Å². The minimum absolute atomic E-state index is 0.0710. The van der Waals surface area contributed by atoms with Gasteiger partial charge in [0.15, 0.2) is 9.84 Å². The molecule has 0 aromatic rings. The standard InChI is InChI=1S/C7H13NO3S/c1-5(2)6-7(9)8-3-4-12(6,10)11/h5-6H,3-4H2,1-2H3,(H,8,9). The van der Waals surface area contributed by atoms with Gasteiger partial charge in [-0.15, -0.1) is 0 Å². The lowest BCUT2D eigenvalue weighted by Gasteiger charge is -2.24. The third-order valence-corrected chi connectivity index (χ3v) is 4.24. The Balaban J connectivity index is 2.97. The zero-order valence-corrected chi connectivity index (χ0v) is 8.02. The van der Waals surface area contributed by atoms with Gasteiger partial charge in [-0.25, -0.2) is 8.42 Å². The first-order valence-corrected chi connectivity index (χ1v) is 5.66. The van der Waals surface area contributed by atoms with Gasteiger partial charge in [-0.2, -0.15) is 0 Å². The normalized spacial score (nSPS) is 28.6. The summed E-state index contributed by atoms with van der Waals surface area (Å²) in [4.78, 5) is 11.2. The molecule has 5 heteroatoms. The molecular weight excluding hydrogens is 178 g/mol. The summed E-state index contributed by atoms with van der Waals surface area (Å²) in [5.74, 6) is -0.423. The van der Waals surface area contributed by atoms with Crippen LogP contribution in [0.2, 0.25) is 0 Å². The molecule has 12 heavy (non-hydrogen) atoms. The lowest BCUT2D eigenvalue weighted by atomic mass is 10.1. The molecular formula is C7H13NO3S. The summed E-state index contributed by atoms with van der Waals surface area (Å²) in [6, 6.07) is 0. The molecule has 70 valence electrons. The molecule has 0 bridgehead atoms. The molecule has 1 aliphatic rings. The van der Waals surface area contributed by atoms with Crippen LogP contribution in [-0.2, 0) is 14.6 Å².